The van der Waals surface area contributed by atoms with Crippen LogP contribution in [0, 0.1) is 6.92 Å². The molecule has 0 saturated carbocycles. The molecule has 1 fully saturated rings. The first kappa shape index (κ1) is 16.4. The minimum Gasteiger partial charge on any atom is -0.347 e. The average molecular weight is 331 g/mol. The van der Waals surface area contributed by atoms with E-state index < -0.39 is 10.0 Å². The Bertz CT molecular complexity index is 625. The molecule has 0 spiro atoms. The molecule has 0 aliphatic carbocycles. The van der Waals surface area contributed by atoms with E-state index in [0.29, 0.717) is 18.0 Å². The van der Waals surface area contributed by atoms with Gasteiger partial charge in [-0.1, -0.05) is 6.92 Å². The molecule has 1 unspecified atom stereocenters. The fourth-order valence-electron chi connectivity index (χ4n) is 2.43. The van der Waals surface area contributed by atoms with E-state index in [9.17, 15) is 13.2 Å². The van der Waals surface area contributed by atoms with Crippen LogP contribution in [0.4, 0.5) is 0 Å². The zero-order valence-electron chi connectivity index (χ0n) is 12.5. The number of carbonyl (C=O) groups is 1. The lowest BCUT2D eigenvalue weighted by Crippen LogP contribution is -2.49. The number of nitrogens with zero attached hydrogens (tertiary/aromatic N) is 2. The monoisotopic (exact) mass is 331 g/mol. The highest BCUT2D eigenvalue weighted by molar-refractivity contribution is 7.88. The minimum absolute atomic E-state index is 0.132. The highest BCUT2D eigenvalue weighted by atomic mass is 32.2. The lowest BCUT2D eigenvalue weighted by Gasteiger charge is -2.31. The van der Waals surface area contributed by atoms with Crippen molar-refractivity contribution in [3.63, 3.8) is 0 Å². The predicted octanol–water partition coefficient (Wildman–Crippen LogP) is 1.17. The third-order valence-electron chi connectivity index (χ3n) is 3.54. The molecule has 1 aromatic rings. The number of aryl methyl sites for hydroxylation is 2. The van der Waals surface area contributed by atoms with E-state index in [2.05, 4.69) is 10.3 Å². The molecule has 1 aromatic heterocycles. The van der Waals surface area contributed by atoms with Gasteiger partial charge in [-0.25, -0.2) is 17.7 Å². The van der Waals surface area contributed by atoms with Crippen LogP contribution in [-0.4, -0.2) is 49.0 Å². The van der Waals surface area contributed by atoms with Crippen LogP contribution in [0.15, 0.2) is 0 Å². The Labute approximate surface area is 129 Å². The zero-order chi connectivity index (χ0) is 15.6. The molecule has 2 rings (SSSR count). The second kappa shape index (κ2) is 6.41. The van der Waals surface area contributed by atoms with E-state index >= 15 is 0 Å². The van der Waals surface area contributed by atoms with Crippen LogP contribution in [0.25, 0.3) is 0 Å². The van der Waals surface area contributed by atoms with Crippen molar-refractivity contribution < 1.29 is 13.2 Å². The first-order chi connectivity index (χ1) is 9.81. The Morgan fingerprint density at radius 3 is 2.81 bits per heavy atom. The molecular formula is C13H21N3O3S2. The average Bonchev–Trinajstić information content (AvgIpc) is 2.79. The van der Waals surface area contributed by atoms with Gasteiger partial charge in [-0.3, -0.25) is 4.79 Å². The van der Waals surface area contributed by atoms with Crippen LogP contribution in [0.5, 0.6) is 0 Å². The third kappa shape index (κ3) is 4.02. The molecule has 1 atom stereocenters. The van der Waals surface area contributed by atoms with Crippen molar-refractivity contribution in [3.8, 4) is 0 Å². The van der Waals surface area contributed by atoms with Crippen LogP contribution in [-0.2, 0) is 16.4 Å². The summed E-state index contributed by atoms with van der Waals surface area (Å²) >= 11 is 1.41. The second-order valence-corrected chi connectivity index (χ2v) is 8.38. The number of piperidine rings is 1. The Morgan fingerprint density at radius 2 is 2.24 bits per heavy atom. The Kier molecular flexibility index (Phi) is 5.00. The molecule has 6 nitrogen and oxygen atoms in total. The molecule has 0 aromatic carbocycles. The summed E-state index contributed by atoms with van der Waals surface area (Å²) in [6.07, 6.45) is 3.58. The van der Waals surface area contributed by atoms with Gasteiger partial charge < -0.3 is 5.32 Å². The lowest BCUT2D eigenvalue weighted by molar-refractivity contribution is 0.0925. The summed E-state index contributed by atoms with van der Waals surface area (Å²) in [6.45, 7) is 4.72. The van der Waals surface area contributed by atoms with Crippen LogP contribution < -0.4 is 5.32 Å². The molecule has 1 aliphatic heterocycles. The third-order valence-corrected chi connectivity index (χ3v) is 6.11. The molecule has 0 bridgehead atoms. The number of aromatic nitrogens is 1. The second-order valence-electron chi connectivity index (χ2n) is 5.31. The molecule has 1 amide bonds. The van der Waals surface area contributed by atoms with Crippen molar-refractivity contribution >= 4 is 27.3 Å². The number of nitrogens with one attached hydrogen (secondary N) is 1. The standard InChI is InChI=1S/C13H21N3O3S2/c1-4-11-14-9(2)12(20-11)13(17)15-10-6-5-7-16(8-10)21(3,18)19/h10H,4-8H2,1-3H3,(H,15,17). The lowest BCUT2D eigenvalue weighted by atomic mass is 10.1. The van der Waals surface area contributed by atoms with Crippen LogP contribution in [0.3, 0.4) is 0 Å². The summed E-state index contributed by atoms with van der Waals surface area (Å²) in [4.78, 5) is 17.3. The van der Waals surface area contributed by atoms with Crippen molar-refractivity contribution in [2.24, 2.45) is 0 Å². The van der Waals surface area contributed by atoms with Gasteiger partial charge >= 0.3 is 0 Å². The van der Waals surface area contributed by atoms with Gasteiger partial charge in [0, 0.05) is 19.1 Å². The molecular weight excluding hydrogens is 310 g/mol. The predicted molar refractivity (Wildman–Crippen MR) is 83.1 cm³/mol. The number of hydrogen-bond donors (Lipinski definition) is 1. The van der Waals surface area contributed by atoms with Crippen LogP contribution >= 0.6 is 11.3 Å². The van der Waals surface area contributed by atoms with Gasteiger partial charge in [0.05, 0.1) is 17.0 Å². The maximum absolute atomic E-state index is 12.3. The van der Waals surface area contributed by atoms with E-state index in [4.69, 9.17) is 0 Å². The summed E-state index contributed by atoms with van der Waals surface area (Å²) in [7, 11) is -3.19. The van der Waals surface area contributed by atoms with Gasteiger partial charge in [0.1, 0.15) is 4.88 Å². The van der Waals surface area contributed by atoms with Crippen molar-refractivity contribution in [1.82, 2.24) is 14.6 Å². The summed E-state index contributed by atoms with van der Waals surface area (Å²) < 4.78 is 24.6. The molecule has 21 heavy (non-hydrogen) atoms. The number of amides is 1. The van der Waals surface area contributed by atoms with Gasteiger partial charge in [-0.15, -0.1) is 11.3 Å². The molecule has 118 valence electrons. The number of carbonyl (C=O) groups excluding carboxylic acids is 1. The number of rotatable bonds is 4. The number of hydrogen-bond acceptors (Lipinski definition) is 5. The summed E-state index contributed by atoms with van der Waals surface area (Å²) in [6, 6.07) is -0.132. The number of thiazole rings is 1. The Hall–Kier alpha value is -0.990. The van der Waals surface area contributed by atoms with Crippen LogP contribution in [0.2, 0.25) is 0 Å². The first-order valence-corrected chi connectivity index (χ1v) is 9.70. The topological polar surface area (TPSA) is 79.4 Å². The first-order valence-electron chi connectivity index (χ1n) is 7.03. The highest BCUT2D eigenvalue weighted by Crippen LogP contribution is 2.20. The molecule has 1 saturated heterocycles. The maximum Gasteiger partial charge on any atom is 0.263 e. The molecule has 1 N–H and O–H groups in total. The maximum atomic E-state index is 12.3. The van der Waals surface area contributed by atoms with Gasteiger partial charge in [0.15, 0.2) is 0 Å². The molecule has 8 heteroatoms. The Balaban J connectivity index is 2.03. The van der Waals surface area contributed by atoms with Gasteiger partial charge in [-0.05, 0) is 26.2 Å². The van der Waals surface area contributed by atoms with Crippen molar-refractivity contribution in [3.05, 3.63) is 15.6 Å². The Morgan fingerprint density at radius 1 is 1.52 bits per heavy atom. The molecule has 1 aliphatic rings. The molecule has 2 heterocycles. The normalized spacial score (nSPS) is 20.4. The van der Waals surface area contributed by atoms with Crippen molar-refractivity contribution in [1.29, 1.82) is 0 Å². The SMILES string of the molecule is CCc1nc(C)c(C(=O)NC2CCCN(S(C)(=O)=O)C2)s1. The van der Waals surface area contributed by atoms with Crippen LogP contribution in [0.1, 0.15) is 40.1 Å². The van der Waals surface area contributed by atoms with E-state index in [0.717, 1.165) is 30.0 Å². The molecule has 0 radical (unpaired) electrons. The minimum atomic E-state index is -3.19. The van der Waals surface area contributed by atoms with Crippen molar-refractivity contribution in [2.75, 3.05) is 19.3 Å². The summed E-state index contributed by atoms with van der Waals surface area (Å²) in [5.74, 6) is -0.148. The smallest absolute Gasteiger partial charge is 0.263 e. The fourth-order valence-corrected chi connectivity index (χ4v) is 4.25. The van der Waals surface area contributed by atoms with E-state index in [1.165, 1.54) is 21.9 Å². The largest absolute Gasteiger partial charge is 0.347 e. The van der Waals surface area contributed by atoms with Gasteiger partial charge in [0.2, 0.25) is 10.0 Å². The highest BCUT2D eigenvalue weighted by Gasteiger charge is 2.27. The van der Waals surface area contributed by atoms with Crippen molar-refractivity contribution in [2.45, 2.75) is 39.2 Å². The van der Waals surface area contributed by atoms with E-state index in [1.54, 1.807) is 0 Å². The summed E-state index contributed by atoms with van der Waals surface area (Å²) in [5.41, 5.74) is 0.741. The van der Waals surface area contributed by atoms with E-state index in [-0.39, 0.29) is 11.9 Å². The quantitative estimate of drug-likeness (QED) is 0.898. The van der Waals surface area contributed by atoms with E-state index in [1.807, 2.05) is 13.8 Å². The number of sulfonamides is 1. The van der Waals surface area contributed by atoms with Gasteiger partial charge in [0.25, 0.3) is 5.91 Å². The fraction of sp³-hybridized carbons (Fsp3) is 0.692. The van der Waals surface area contributed by atoms with Gasteiger partial charge in [-0.2, -0.15) is 0 Å². The zero-order valence-corrected chi connectivity index (χ0v) is 14.2. The summed E-state index contributed by atoms with van der Waals surface area (Å²) in [5, 5.41) is 3.88.